The largest absolute Gasteiger partial charge is 0.494 e. The van der Waals surface area contributed by atoms with Crippen molar-refractivity contribution in [3.05, 3.63) is 95.7 Å². The fraction of sp³-hybridized carbons (Fsp3) is 0.125. The lowest BCUT2D eigenvalue weighted by atomic mass is 10.2. The summed E-state index contributed by atoms with van der Waals surface area (Å²) < 4.78 is 25.8. The molecular formula is C24H21FN4O3. The molecule has 8 heteroatoms. The Morgan fingerprint density at radius 2 is 2.00 bits per heavy atom. The van der Waals surface area contributed by atoms with Crippen LogP contribution in [0.25, 0.3) is 5.69 Å². The van der Waals surface area contributed by atoms with Crippen LogP contribution < -0.4 is 14.8 Å². The Kier molecular flexibility index (Phi) is 6.12. The zero-order valence-electron chi connectivity index (χ0n) is 17.6. The quantitative estimate of drug-likeness (QED) is 0.467. The molecule has 0 saturated carbocycles. The van der Waals surface area contributed by atoms with Crippen molar-refractivity contribution >= 4 is 5.91 Å². The van der Waals surface area contributed by atoms with Gasteiger partial charge in [0.25, 0.3) is 5.91 Å². The average Bonchev–Trinajstić information content (AvgIpc) is 3.29. The summed E-state index contributed by atoms with van der Waals surface area (Å²) in [7, 11) is 1.59. The third-order valence-corrected chi connectivity index (χ3v) is 4.67. The molecule has 32 heavy (non-hydrogen) atoms. The van der Waals surface area contributed by atoms with Gasteiger partial charge in [-0.25, -0.2) is 14.1 Å². The lowest BCUT2D eigenvalue weighted by molar-refractivity contribution is 0.0945. The number of carbonyl (C=O) groups is 1. The molecule has 0 saturated heterocycles. The molecule has 0 radical (unpaired) electrons. The number of hydrogen-bond donors (Lipinski definition) is 1. The number of hydrogen-bond acceptors (Lipinski definition) is 5. The van der Waals surface area contributed by atoms with E-state index in [0.29, 0.717) is 17.4 Å². The fourth-order valence-corrected chi connectivity index (χ4v) is 3.06. The van der Waals surface area contributed by atoms with Crippen LogP contribution in [0.2, 0.25) is 0 Å². The van der Waals surface area contributed by atoms with Gasteiger partial charge in [0.1, 0.15) is 23.0 Å². The number of carbonyl (C=O) groups excluding carboxylic acids is 1. The van der Waals surface area contributed by atoms with Crippen molar-refractivity contribution < 1.29 is 18.7 Å². The first kappa shape index (κ1) is 21.0. The second-order valence-electron chi connectivity index (χ2n) is 7.07. The number of nitrogens with one attached hydrogen (secondary N) is 1. The van der Waals surface area contributed by atoms with E-state index in [2.05, 4.69) is 15.4 Å². The molecule has 0 aliphatic heterocycles. The van der Waals surface area contributed by atoms with E-state index in [4.69, 9.17) is 9.47 Å². The lowest BCUT2D eigenvalue weighted by Crippen LogP contribution is -2.23. The Hall–Kier alpha value is -4.20. The third-order valence-electron chi connectivity index (χ3n) is 4.67. The van der Waals surface area contributed by atoms with Crippen LogP contribution in [0.4, 0.5) is 4.39 Å². The summed E-state index contributed by atoms with van der Waals surface area (Å²) in [6.45, 7) is 2.25. The van der Waals surface area contributed by atoms with Gasteiger partial charge in [-0.2, -0.15) is 5.10 Å². The molecule has 0 aliphatic carbocycles. The van der Waals surface area contributed by atoms with Crippen molar-refractivity contribution in [1.29, 1.82) is 0 Å². The normalized spacial score (nSPS) is 10.6. The van der Waals surface area contributed by atoms with E-state index < -0.39 is 0 Å². The maximum atomic E-state index is 13.3. The van der Waals surface area contributed by atoms with E-state index in [1.165, 1.54) is 12.1 Å². The number of halogens is 1. The van der Waals surface area contributed by atoms with Gasteiger partial charge < -0.3 is 14.8 Å². The molecular weight excluding hydrogens is 411 g/mol. The van der Waals surface area contributed by atoms with Crippen LogP contribution in [-0.2, 0) is 6.54 Å². The van der Waals surface area contributed by atoms with Crippen LogP contribution in [0.3, 0.4) is 0 Å². The van der Waals surface area contributed by atoms with Crippen LogP contribution in [0.15, 0.2) is 73.1 Å². The average molecular weight is 432 g/mol. The Labute approximate surface area is 184 Å². The molecule has 4 rings (SSSR count). The molecule has 4 aromatic rings. The summed E-state index contributed by atoms with van der Waals surface area (Å²) in [4.78, 5) is 16.7. The van der Waals surface area contributed by atoms with E-state index in [1.54, 1.807) is 54.5 Å². The molecule has 7 nitrogen and oxygen atoms in total. The van der Waals surface area contributed by atoms with Gasteiger partial charge >= 0.3 is 0 Å². The molecule has 2 aromatic carbocycles. The van der Waals surface area contributed by atoms with Gasteiger partial charge in [-0.3, -0.25) is 4.79 Å². The number of methoxy groups -OCH3 is 1. The smallest absolute Gasteiger partial charge is 0.272 e. The van der Waals surface area contributed by atoms with Crippen LogP contribution in [-0.4, -0.2) is 27.8 Å². The van der Waals surface area contributed by atoms with Gasteiger partial charge in [0, 0.05) is 31.1 Å². The minimum Gasteiger partial charge on any atom is -0.494 e. The van der Waals surface area contributed by atoms with Crippen LogP contribution in [0, 0.1) is 12.7 Å². The van der Waals surface area contributed by atoms with Crippen molar-refractivity contribution in [2.75, 3.05) is 7.11 Å². The number of ether oxygens (including phenoxy) is 2. The van der Waals surface area contributed by atoms with Gasteiger partial charge in [-0.1, -0.05) is 18.2 Å². The molecule has 162 valence electrons. The molecule has 2 aromatic heterocycles. The zero-order valence-corrected chi connectivity index (χ0v) is 17.6. The van der Waals surface area contributed by atoms with E-state index in [0.717, 1.165) is 16.8 Å². The topological polar surface area (TPSA) is 78.3 Å². The van der Waals surface area contributed by atoms with E-state index in [1.807, 2.05) is 25.1 Å². The zero-order chi connectivity index (χ0) is 22.5. The minimum atomic E-state index is -0.384. The maximum absolute atomic E-state index is 13.3. The number of aryl methyl sites for hydroxylation is 1. The minimum absolute atomic E-state index is 0.271. The summed E-state index contributed by atoms with van der Waals surface area (Å²) in [5, 5.41) is 7.19. The Morgan fingerprint density at radius 1 is 1.12 bits per heavy atom. The second-order valence-corrected chi connectivity index (χ2v) is 7.07. The Balaban J connectivity index is 1.38. The van der Waals surface area contributed by atoms with Gasteiger partial charge in [0.2, 0.25) is 5.88 Å². The highest BCUT2D eigenvalue weighted by Gasteiger charge is 2.13. The van der Waals surface area contributed by atoms with Crippen molar-refractivity contribution in [1.82, 2.24) is 20.1 Å². The van der Waals surface area contributed by atoms with E-state index in [-0.39, 0.29) is 24.0 Å². The van der Waals surface area contributed by atoms with Crippen molar-refractivity contribution in [3.8, 4) is 23.1 Å². The highest BCUT2D eigenvalue weighted by atomic mass is 19.1. The second kappa shape index (κ2) is 9.30. The first-order valence-corrected chi connectivity index (χ1v) is 9.89. The van der Waals surface area contributed by atoms with Crippen molar-refractivity contribution in [3.63, 3.8) is 0 Å². The van der Waals surface area contributed by atoms with Gasteiger partial charge in [-0.05, 0) is 48.4 Å². The monoisotopic (exact) mass is 432 g/mol. The van der Waals surface area contributed by atoms with Gasteiger partial charge in [0.15, 0.2) is 5.69 Å². The highest BCUT2D eigenvalue weighted by molar-refractivity contribution is 5.92. The standard InChI is InChI=1S/C24H21FN4O3/c1-16-6-8-22(31-2)21(12-16)29-11-10-20(28-29)24(30)27-15-17-7-9-23(26-14-17)32-19-5-3-4-18(25)13-19/h3-14H,15H2,1-2H3,(H,27,30). The molecule has 0 fully saturated rings. The van der Waals surface area contributed by atoms with Crippen LogP contribution in [0.1, 0.15) is 21.6 Å². The number of rotatable bonds is 7. The summed E-state index contributed by atoms with van der Waals surface area (Å²) in [6, 6.07) is 16.6. The Bertz CT molecular complexity index is 1240. The first-order valence-electron chi connectivity index (χ1n) is 9.89. The third kappa shape index (κ3) is 4.92. The SMILES string of the molecule is COc1ccc(C)cc1-n1ccc(C(=O)NCc2ccc(Oc3cccc(F)c3)nc2)n1. The lowest BCUT2D eigenvalue weighted by Gasteiger charge is -2.09. The fourth-order valence-electron chi connectivity index (χ4n) is 3.06. The maximum Gasteiger partial charge on any atom is 0.272 e. The van der Waals surface area contributed by atoms with E-state index >= 15 is 0 Å². The molecule has 0 bridgehead atoms. The number of amides is 1. The predicted molar refractivity (Wildman–Crippen MR) is 117 cm³/mol. The molecule has 0 unspecified atom stereocenters. The number of benzene rings is 2. The number of pyridine rings is 1. The van der Waals surface area contributed by atoms with Crippen molar-refractivity contribution in [2.45, 2.75) is 13.5 Å². The first-order chi connectivity index (χ1) is 15.5. The van der Waals surface area contributed by atoms with E-state index in [9.17, 15) is 9.18 Å². The van der Waals surface area contributed by atoms with Crippen LogP contribution >= 0.6 is 0 Å². The van der Waals surface area contributed by atoms with Gasteiger partial charge in [0.05, 0.1) is 7.11 Å². The Morgan fingerprint density at radius 3 is 2.75 bits per heavy atom. The summed E-state index contributed by atoms with van der Waals surface area (Å²) >= 11 is 0. The molecule has 0 atom stereocenters. The van der Waals surface area contributed by atoms with Crippen molar-refractivity contribution in [2.24, 2.45) is 0 Å². The van der Waals surface area contributed by atoms with Crippen LogP contribution in [0.5, 0.6) is 17.4 Å². The number of aromatic nitrogens is 3. The predicted octanol–water partition coefficient (Wildman–Crippen LogP) is 4.45. The molecule has 0 aliphatic rings. The molecule has 1 amide bonds. The molecule has 0 spiro atoms. The number of nitrogens with zero attached hydrogens (tertiary/aromatic N) is 3. The highest BCUT2D eigenvalue weighted by Crippen LogP contribution is 2.23. The summed E-state index contributed by atoms with van der Waals surface area (Å²) in [5.41, 5.74) is 2.88. The summed E-state index contributed by atoms with van der Waals surface area (Å²) in [5.74, 6) is 0.661. The summed E-state index contributed by atoms with van der Waals surface area (Å²) in [6.07, 6.45) is 3.30. The van der Waals surface area contributed by atoms with Gasteiger partial charge in [-0.15, -0.1) is 0 Å². The molecule has 2 heterocycles. The molecule has 1 N–H and O–H groups in total.